The van der Waals surface area contributed by atoms with Crippen LogP contribution in [-0.2, 0) is 9.59 Å². The highest BCUT2D eigenvalue weighted by molar-refractivity contribution is 14.0. The third-order valence-electron chi connectivity index (χ3n) is 6.72. The van der Waals surface area contributed by atoms with Crippen LogP contribution < -0.4 is 10.6 Å². The average Bonchev–Trinajstić information content (AvgIpc) is 3.21. The SMILES string of the molecule is CCC(CC)C(=O)N1CCC(NC(=NC)NCC2(C(=O)N(C)C)CCCC2)CC1.I. The maximum atomic E-state index is 12.8. The van der Waals surface area contributed by atoms with E-state index in [0.29, 0.717) is 18.5 Å². The van der Waals surface area contributed by atoms with Crippen molar-refractivity contribution in [1.82, 2.24) is 20.4 Å². The maximum absolute atomic E-state index is 12.8. The Morgan fingerprint density at radius 1 is 1.13 bits per heavy atom. The zero-order valence-corrected chi connectivity index (χ0v) is 21.8. The van der Waals surface area contributed by atoms with Gasteiger partial charge in [0.25, 0.3) is 0 Å². The number of nitrogens with one attached hydrogen (secondary N) is 2. The number of hydrogen-bond acceptors (Lipinski definition) is 3. The lowest BCUT2D eigenvalue weighted by Gasteiger charge is -2.35. The predicted octanol–water partition coefficient (Wildman–Crippen LogP) is 2.85. The molecule has 0 aromatic heterocycles. The lowest BCUT2D eigenvalue weighted by molar-refractivity contribution is -0.139. The van der Waals surface area contributed by atoms with Crippen LogP contribution in [0.4, 0.5) is 0 Å². The Morgan fingerprint density at radius 2 is 1.70 bits per heavy atom. The standard InChI is InChI=1S/C22H41N5O2.HI/c1-6-17(7-2)19(28)27-14-10-18(11-15-27)25-21(23-3)24-16-22(12-8-9-13-22)20(29)26(4)5;/h17-18H,6-16H2,1-5H3,(H2,23,24,25);1H. The molecule has 30 heavy (non-hydrogen) atoms. The summed E-state index contributed by atoms with van der Waals surface area (Å²) in [5.41, 5.74) is -0.313. The smallest absolute Gasteiger partial charge is 0.230 e. The van der Waals surface area contributed by atoms with Gasteiger partial charge < -0.3 is 20.4 Å². The molecule has 2 N–H and O–H groups in total. The summed E-state index contributed by atoms with van der Waals surface area (Å²) in [4.78, 5) is 33.5. The molecule has 2 amide bonds. The largest absolute Gasteiger partial charge is 0.355 e. The lowest BCUT2D eigenvalue weighted by atomic mass is 9.84. The second-order valence-electron chi connectivity index (χ2n) is 8.87. The third kappa shape index (κ3) is 6.72. The van der Waals surface area contributed by atoms with Gasteiger partial charge in [0, 0.05) is 52.7 Å². The summed E-state index contributed by atoms with van der Waals surface area (Å²) in [5.74, 6) is 1.44. The molecule has 0 bridgehead atoms. The number of halogens is 1. The summed E-state index contributed by atoms with van der Waals surface area (Å²) in [5, 5.41) is 6.92. The molecule has 1 saturated carbocycles. The van der Waals surface area contributed by atoms with E-state index in [9.17, 15) is 9.59 Å². The molecule has 1 heterocycles. The fraction of sp³-hybridized carbons (Fsp3) is 0.864. The van der Waals surface area contributed by atoms with Gasteiger partial charge in [-0.25, -0.2) is 0 Å². The number of nitrogens with zero attached hydrogens (tertiary/aromatic N) is 3. The highest BCUT2D eigenvalue weighted by atomic mass is 127. The van der Waals surface area contributed by atoms with Crippen molar-refractivity contribution in [2.45, 2.75) is 71.3 Å². The fourth-order valence-electron chi connectivity index (χ4n) is 4.77. The number of piperidine rings is 1. The number of likely N-dealkylation sites (tertiary alicyclic amines) is 1. The quantitative estimate of drug-likeness (QED) is 0.299. The number of aliphatic imine (C=N–C) groups is 1. The van der Waals surface area contributed by atoms with Crippen molar-refractivity contribution >= 4 is 41.8 Å². The molecule has 0 unspecified atom stereocenters. The predicted molar refractivity (Wildman–Crippen MR) is 133 cm³/mol. The summed E-state index contributed by atoms with van der Waals surface area (Å²) < 4.78 is 0. The lowest BCUT2D eigenvalue weighted by Crippen LogP contribution is -2.53. The summed E-state index contributed by atoms with van der Waals surface area (Å²) in [7, 11) is 5.45. The molecule has 0 spiro atoms. The topological polar surface area (TPSA) is 77.0 Å². The van der Waals surface area contributed by atoms with Crippen LogP contribution in [0, 0.1) is 11.3 Å². The third-order valence-corrected chi connectivity index (χ3v) is 6.72. The van der Waals surface area contributed by atoms with Gasteiger partial charge in [-0.15, -0.1) is 24.0 Å². The van der Waals surface area contributed by atoms with E-state index in [0.717, 1.165) is 70.4 Å². The monoisotopic (exact) mass is 535 g/mol. The van der Waals surface area contributed by atoms with Crippen LogP contribution in [0.15, 0.2) is 4.99 Å². The normalized spacial score (nSPS) is 19.4. The van der Waals surface area contributed by atoms with Crippen LogP contribution in [0.1, 0.15) is 65.2 Å². The van der Waals surface area contributed by atoms with Gasteiger partial charge in [0.05, 0.1) is 5.41 Å². The first-order chi connectivity index (χ1) is 13.9. The zero-order valence-electron chi connectivity index (χ0n) is 19.5. The Bertz CT molecular complexity index is 578. The van der Waals surface area contributed by atoms with Crippen LogP contribution in [-0.4, -0.2) is 74.4 Å². The minimum Gasteiger partial charge on any atom is -0.355 e. The maximum Gasteiger partial charge on any atom is 0.230 e. The van der Waals surface area contributed by atoms with Crippen LogP contribution in [0.25, 0.3) is 0 Å². The molecule has 2 rings (SSSR count). The molecule has 7 nitrogen and oxygen atoms in total. The second kappa shape index (κ2) is 12.7. The molecule has 0 atom stereocenters. The second-order valence-corrected chi connectivity index (χ2v) is 8.87. The molecule has 0 aromatic carbocycles. The first-order valence-electron chi connectivity index (χ1n) is 11.3. The Kier molecular flexibility index (Phi) is 11.4. The van der Waals surface area contributed by atoms with Gasteiger partial charge in [-0.05, 0) is 38.5 Å². The van der Waals surface area contributed by atoms with E-state index >= 15 is 0 Å². The van der Waals surface area contributed by atoms with Crippen molar-refractivity contribution in [3.8, 4) is 0 Å². The van der Waals surface area contributed by atoms with Crippen LogP contribution in [0.5, 0.6) is 0 Å². The minimum atomic E-state index is -0.313. The molecule has 1 aliphatic carbocycles. The van der Waals surface area contributed by atoms with Crippen molar-refractivity contribution in [3.05, 3.63) is 0 Å². The van der Waals surface area contributed by atoms with Crippen LogP contribution in [0.3, 0.4) is 0 Å². The van der Waals surface area contributed by atoms with Crippen molar-refractivity contribution in [2.24, 2.45) is 16.3 Å². The summed E-state index contributed by atoms with van der Waals surface area (Å²) in [6.07, 6.45) is 7.76. The Balaban J connectivity index is 0.00000450. The Hall–Kier alpha value is -1.06. The van der Waals surface area contributed by atoms with E-state index in [-0.39, 0.29) is 41.2 Å². The van der Waals surface area contributed by atoms with E-state index in [1.165, 1.54) is 0 Å². The molecule has 0 radical (unpaired) electrons. The number of guanidine groups is 1. The molecule has 2 aliphatic rings. The molecular formula is C22H42IN5O2. The number of hydrogen-bond donors (Lipinski definition) is 2. The fourth-order valence-corrected chi connectivity index (χ4v) is 4.77. The van der Waals surface area contributed by atoms with Gasteiger partial charge in [0.1, 0.15) is 0 Å². The molecule has 174 valence electrons. The average molecular weight is 536 g/mol. The highest BCUT2D eigenvalue weighted by Gasteiger charge is 2.42. The van der Waals surface area contributed by atoms with Gasteiger partial charge in [-0.3, -0.25) is 14.6 Å². The minimum absolute atomic E-state index is 0. The Morgan fingerprint density at radius 3 is 2.17 bits per heavy atom. The van der Waals surface area contributed by atoms with Crippen molar-refractivity contribution in [2.75, 3.05) is 40.8 Å². The summed E-state index contributed by atoms with van der Waals surface area (Å²) in [6.45, 7) is 6.40. The van der Waals surface area contributed by atoms with Gasteiger partial charge >= 0.3 is 0 Å². The van der Waals surface area contributed by atoms with Crippen LogP contribution >= 0.6 is 24.0 Å². The number of amides is 2. The van der Waals surface area contributed by atoms with Crippen molar-refractivity contribution in [1.29, 1.82) is 0 Å². The molecule has 1 aliphatic heterocycles. The zero-order chi connectivity index (χ0) is 21.4. The van der Waals surface area contributed by atoms with Gasteiger partial charge in [-0.2, -0.15) is 0 Å². The molecule has 1 saturated heterocycles. The van der Waals surface area contributed by atoms with E-state index < -0.39 is 0 Å². The first-order valence-corrected chi connectivity index (χ1v) is 11.3. The number of carbonyl (C=O) groups is 2. The number of carbonyl (C=O) groups excluding carboxylic acids is 2. The molecule has 8 heteroatoms. The van der Waals surface area contributed by atoms with Crippen molar-refractivity contribution < 1.29 is 9.59 Å². The van der Waals surface area contributed by atoms with Gasteiger partial charge in [0.15, 0.2) is 5.96 Å². The van der Waals surface area contributed by atoms with E-state index in [2.05, 4.69) is 29.5 Å². The molecule has 2 fully saturated rings. The number of rotatable bonds is 7. The van der Waals surface area contributed by atoms with Crippen LogP contribution in [0.2, 0.25) is 0 Å². The van der Waals surface area contributed by atoms with E-state index in [1.54, 1.807) is 11.9 Å². The highest BCUT2D eigenvalue weighted by Crippen LogP contribution is 2.38. The first kappa shape index (κ1) is 27.0. The van der Waals surface area contributed by atoms with Crippen molar-refractivity contribution in [3.63, 3.8) is 0 Å². The Labute approximate surface area is 199 Å². The van der Waals surface area contributed by atoms with E-state index in [1.807, 2.05) is 19.0 Å². The van der Waals surface area contributed by atoms with Gasteiger partial charge in [-0.1, -0.05) is 26.7 Å². The molecule has 0 aromatic rings. The summed E-state index contributed by atoms with van der Waals surface area (Å²) >= 11 is 0. The molecular weight excluding hydrogens is 493 g/mol. The van der Waals surface area contributed by atoms with E-state index in [4.69, 9.17) is 0 Å². The summed E-state index contributed by atoms with van der Waals surface area (Å²) in [6, 6.07) is 0.302. The van der Waals surface area contributed by atoms with Gasteiger partial charge in [0.2, 0.25) is 11.8 Å².